The number of halogens is 1. The number of amides is 1. The number of hydrogen-bond donors (Lipinski definition) is 3. The molecule has 0 aliphatic carbocycles. The van der Waals surface area contributed by atoms with Crippen LogP contribution < -0.4 is 10.6 Å². The van der Waals surface area contributed by atoms with Crippen molar-refractivity contribution in [2.75, 3.05) is 26.2 Å². The minimum absolute atomic E-state index is 0.335. The number of nitrogens with one attached hydrogen (secondary N) is 2. The third-order valence-corrected chi connectivity index (χ3v) is 7.90. The SMILES string of the molecule is C[C@](NC(=O)C(C(c1ccccc1)c1ccc(Cl)cc1)N1CCNCC1)(C(=O)O)c1cccc2ccccc12. The molecule has 200 valence electrons. The van der Waals surface area contributed by atoms with E-state index in [2.05, 4.69) is 15.5 Å². The quantitative estimate of drug-likeness (QED) is 0.292. The van der Waals surface area contributed by atoms with Crippen LogP contribution in [0.3, 0.4) is 0 Å². The zero-order chi connectivity index (χ0) is 27.4. The molecule has 0 spiro atoms. The molecule has 1 aliphatic heterocycles. The first-order chi connectivity index (χ1) is 18.9. The Balaban J connectivity index is 1.62. The number of rotatable bonds is 8. The van der Waals surface area contributed by atoms with Crippen molar-refractivity contribution in [2.24, 2.45) is 0 Å². The van der Waals surface area contributed by atoms with Gasteiger partial charge in [-0.25, -0.2) is 4.79 Å². The summed E-state index contributed by atoms with van der Waals surface area (Å²) in [7, 11) is 0. The summed E-state index contributed by atoms with van der Waals surface area (Å²) in [6.45, 7) is 4.38. The summed E-state index contributed by atoms with van der Waals surface area (Å²) in [6, 6.07) is 30.0. The van der Waals surface area contributed by atoms with Gasteiger partial charge in [0.1, 0.15) is 6.04 Å². The average Bonchev–Trinajstić information content (AvgIpc) is 2.97. The van der Waals surface area contributed by atoms with E-state index in [-0.39, 0.29) is 11.8 Å². The summed E-state index contributed by atoms with van der Waals surface area (Å²) in [6.07, 6.45) is 0. The molecule has 3 atom stereocenters. The van der Waals surface area contributed by atoms with Crippen LogP contribution in [0.4, 0.5) is 0 Å². The summed E-state index contributed by atoms with van der Waals surface area (Å²) < 4.78 is 0. The Labute approximate surface area is 233 Å². The molecular weight excluding hydrogens is 510 g/mol. The Morgan fingerprint density at radius 2 is 1.49 bits per heavy atom. The second kappa shape index (κ2) is 11.6. The molecule has 1 aliphatic rings. The number of carbonyl (C=O) groups is 2. The fraction of sp³-hybridized carbons (Fsp3) is 0.250. The minimum atomic E-state index is -1.65. The number of nitrogens with zero attached hydrogens (tertiary/aromatic N) is 1. The van der Waals surface area contributed by atoms with Crippen LogP contribution in [0.15, 0.2) is 97.1 Å². The summed E-state index contributed by atoms with van der Waals surface area (Å²) in [5, 5.41) is 19.2. The fourth-order valence-electron chi connectivity index (χ4n) is 5.59. The maximum absolute atomic E-state index is 14.5. The van der Waals surface area contributed by atoms with Gasteiger partial charge in [-0.15, -0.1) is 0 Å². The maximum atomic E-state index is 14.5. The molecule has 1 saturated heterocycles. The highest BCUT2D eigenvalue weighted by molar-refractivity contribution is 6.30. The van der Waals surface area contributed by atoms with Crippen LogP contribution in [0, 0.1) is 0 Å². The number of aliphatic carboxylic acids is 1. The largest absolute Gasteiger partial charge is 0.479 e. The Bertz CT molecular complexity index is 1450. The average molecular weight is 542 g/mol. The van der Waals surface area contributed by atoms with Crippen molar-refractivity contribution in [3.8, 4) is 0 Å². The van der Waals surface area contributed by atoms with Crippen LogP contribution in [0.2, 0.25) is 5.02 Å². The lowest BCUT2D eigenvalue weighted by Crippen LogP contribution is -2.60. The predicted molar refractivity (Wildman–Crippen MR) is 155 cm³/mol. The van der Waals surface area contributed by atoms with Gasteiger partial charge in [0.15, 0.2) is 5.54 Å². The lowest BCUT2D eigenvalue weighted by Gasteiger charge is -2.40. The molecule has 4 aromatic carbocycles. The molecule has 1 amide bonds. The van der Waals surface area contributed by atoms with Crippen molar-refractivity contribution >= 4 is 34.2 Å². The van der Waals surface area contributed by atoms with E-state index in [4.69, 9.17) is 11.6 Å². The Kier molecular flexibility index (Phi) is 7.98. The van der Waals surface area contributed by atoms with Crippen LogP contribution in [0.1, 0.15) is 29.5 Å². The Hall–Kier alpha value is -3.71. The van der Waals surface area contributed by atoms with E-state index in [1.165, 1.54) is 0 Å². The second-order valence-corrected chi connectivity index (χ2v) is 10.6. The minimum Gasteiger partial charge on any atom is -0.479 e. The van der Waals surface area contributed by atoms with Crippen LogP contribution in [-0.2, 0) is 15.1 Å². The van der Waals surface area contributed by atoms with Crippen molar-refractivity contribution in [2.45, 2.75) is 24.4 Å². The van der Waals surface area contributed by atoms with E-state index < -0.39 is 17.6 Å². The van der Waals surface area contributed by atoms with Crippen LogP contribution in [0.25, 0.3) is 10.8 Å². The Morgan fingerprint density at radius 3 is 2.18 bits per heavy atom. The van der Waals surface area contributed by atoms with Crippen LogP contribution in [-0.4, -0.2) is 54.1 Å². The molecule has 2 unspecified atom stereocenters. The number of fused-ring (bicyclic) bond motifs is 1. The first kappa shape index (κ1) is 26.9. The number of carboxylic acids is 1. The molecule has 1 heterocycles. The lowest BCUT2D eigenvalue weighted by molar-refractivity contribution is -0.148. The van der Waals surface area contributed by atoms with Gasteiger partial charge in [0.05, 0.1) is 0 Å². The molecule has 5 rings (SSSR count). The van der Waals surface area contributed by atoms with E-state index in [9.17, 15) is 14.7 Å². The molecule has 3 N–H and O–H groups in total. The highest BCUT2D eigenvalue weighted by Gasteiger charge is 2.43. The van der Waals surface area contributed by atoms with E-state index in [0.29, 0.717) is 23.7 Å². The monoisotopic (exact) mass is 541 g/mol. The standard InChI is InChI=1S/C32H32ClN3O3/c1-32(31(38)39,27-13-7-11-22-8-5-6-12-26(22)27)35-30(37)29(36-20-18-34-19-21-36)28(23-9-3-2-4-10-23)24-14-16-25(33)17-15-24/h2-17,28-29,34H,18-21H2,1H3,(H,35,37)(H,38,39)/t28?,29?,32-/m1/s1. The van der Waals surface area contributed by atoms with Crippen molar-refractivity contribution in [3.63, 3.8) is 0 Å². The predicted octanol–water partition coefficient (Wildman–Crippen LogP) is 5.02. The highest BCUT2D eigenvalue weighted by Crippen LogP contribution is 2.35. The smallest absolute Gasteiger partial charge is 0.333 e. The summed E-state index contributed by atoms with van der Waals surface area (Å²) in [5.74, 6) is -1.79. The fourth-order valence-corrected chi connectivity index (χ4v) is 5.72. The third kappa shape index (κ3) is 5.55. The van der Waals surface area contributed by atoms with E-state index >= 15 is 0 Å². The van der Waals surface area contributed by atoms with E-state index in [1.807, 2.05) is 91.0 Å². The van der Waals surface area contributed by atoms with E-state index in [0.717, 1.165) is 35.0 Å². The molecule has 0 bridgehead atoms. The maximum Gasteiger partial charge on any atom is 0.333 e. The van der Waals surface area contributed by atoms with Crippen molar-refractivity contribution in [1.29, 1.82) is 0 Å². The van der Waals surface area contributed by atoms with Gasteiger partial charge in [-0.05, 0) is 46.5 Å². The molecule has 0 saturated carbocycles. The Morgan fingerprint density at radius 1 is 0.872 bits per heavy atom. The second-order valence-electron chi connectivity index (χ2n) is 10.1. The van der Waals surface area contributed by atoms with Crippen LogP contribution >= 0.6 is 11.6 Å². The molecule has 0 aromatic heterocycles. The van der Waals surface area contributed by atoms with Crippen molar-refractivity contribution < 1.29 is 14.7 Å². The van der Waals surface area contributed by atoms with Gasteiger partial charge in [0, 0.05) is 37.1 Å². The summed E-state index contributed by atoms with van der Waals surface area (Å²) in [5.41, 5.74) is 0.807. The number of hydrogen-bond acceptors (Lipinski definition) is 4. The third-order valence-electron chi connectivity index (χ3n) is 7.65. The van der Waals surface area contributed by atoms with Crippen molar-refractivity contribution in [1.82, 2.24) is 15.5 Å². The normalized spacial score (nSPS) is 17.2. The zero-order valence-corrected chi connectivity index (χ0v) is 22.6. The first-order valence-electron chi connectivity index (χ1n) is 13.2. The molecular formula is C32H32ClN3O3. The number of carboxylic acid groups (broad SMARTS) is 1. The topological polar surface area (TPSA) is 81.7 Å². The molecule has 1 fully saturated rings. The number of benzene rings is 4. The number of piperazine rings is 1. The van der Waals surface area contributed by atoms with Gasteiger partial charge in [0.25, 0.3) is 0 Å². The zero-order valence-electron chi connectivity index (χ0n) is 21.8. The first-order valence-corrected chi connectivity index (χ1v) is 13.5. The lowest BCUT2D eigenvalue weighted by atomic mass is 9.82. The van der Waals surface area contributed by atoms with Gasteiger partial charge in [-0.3, -0.25) is 9.69 Å². The van der Waals surface area contributed by atoms with E-state index in [1.54, 1.807) is 13.0 Å². The molecule has 7 heteroatoms. The van der Waals surface area contributed by atoms with Gasteiger partial charge in [-0.1, -0.05) is 96.5 Å². The summed E-state index contributed by atoms with van der Waals surface area (Å²) >= 11 is 6.23. The van der Waals surface area contributed by atoms with Gasteiger partial charge in [-0.2, -0.15) is 0 Å². The van der Waals surface area contributed by atoms with Gasteiger partial charge < -0.3 is 15.7 Å². The molecule has 4 aromatic rings. The van der Waals surface area contributed by atoms with Gasteiger partial charge in [0.2, 0.25) is 5.91 Å². The summed E-state index contributed by atoms with van der Waals surface area (Å²) in [4.78, 5) is 29.5. The number of carbonyl (C=O) groups excluding carboxylic acids is 1. The van der Waals surface area contributed by atoms with Gasteiger partial charge >= 0.3 is 5.97 Å². The molecule has 39 heavy (non-hydrogen) atoms. The molecule has 6 nitrogen and oxygen atoms in total. The van der Waals surface area contributed by atoms with Crippen molar-refractivity contribution in [3.05, 3.63) is 119 Å². The van der Waals surface area contributed by atoms with Crippen LogP contribution in [0.5, 0.6) is 0 Å². The molecule has 0 radical (unpaired) electrons. The highest BCUT2D eigenvalue weighted by atomic mass is 35.5.